The molecule has 0 saturated carbocycles. The van der Waals surface area contributed by atoms with Crippen LogP contribution >= 0.6 is 15.9 Å². The van der Waals surface area contributed by atoms with Gasteiger partial charge in [-0.25, -0.2) is 4.79 Å². The van der Waals surface area contributed by atoms with Crippen LogP contribution in [0.2, 0.25) is 0 Å². The summed E-state index contributed by atoms with van der Waals surface area (Å²) < 4.78 is 5.71. The van der Waals surface area contributed by atoms with Crippen molar-refractivity contribution >= 4 is 27.8 Å². The highest BCUT2D eigenvalue weighted by Crippen LogP contribution is 2.21. The van der Waals surface area contributed by atoms with Crippen LogP contribution in [0.3, 0.4) is 0 Å². The van der Waals surface area contributed by atoms with Crippen LogP contribution < -0.4 is 5.32 Å². The summed E-state index contributed by atoms with van der Waals surface area (Å²) in [4.78, 5) is 28.0. The van der Waals surface area contributed by atoms with E-state index in [0.29, 0.717) is 4.47 Å². The molecule has 0 spiro atoms. The molecule has 1 heterocycles. The van der Waals surface area contributed by atoms with Gasteiger partial charge in [-0.05, 0) is 45.6 Å². The van der Waals surface area contributed by atoms with E-state index >= 15 is 0 Å². The number of aromatic nitrogens is 1. The molecule has 5 nitrogen and oxygen atoms in total. The minimum atomic E-state index is -0.594. The molecule has 6 heteroatoms. The van der Waals surface area contributed by atoms with E-state index in [-0.39, 0.29) is 24.1 Å². The molecule has 0 fully saturated rings. The van der Waals surface area contributed by atoms with E-state index in [1.165, 1.54) is 6.20 Å². The lowest BCUT2D eigenvalue weighted by molar-refractivity contribution is -0.124. The summed E-state index contributed by atoms with van der Waals surface area (Å²) in [7, 11) is 0. The Morgan fingerprint density at radius 1 is 1.04 bits per heavy atom. The predicted octanol–water partition coefficient (Wildman–Crippen LogP) is 4.55. The summed E-state index contributed by atoms with van der Waals surface area (Å²) in [6, 6.07) is 19.5. The maximum Gasteiger partial charge on any atom is 0.340 e. The van der Waals surface area contributed by atoms with Crippen molar-refractivity contribution in [3.05, 3.63) is 88.7 Å². The predicted molar refractivity (Wildman–Crippen MR) is 111 cm³/mol. The molecular formula is C22H19BrN2O3. The van der Waals surface area contributed by atoms with Crippen molar-refractivity contribution in [2.75, 3.05) is 6.61 Å². The molecule has 0 saturated heterocycles. The first-order valence-corrected chi connectivity index (χ1v) is 9.54. The SMILES string of the molecule is CC(NC(=O)COC(=O)c1cncc(Br)c1)c1ccc(-c2ccccc2)cc1. The van der Waals surface area contributed by atoms with Gasteiger partial charge < -0.3 is 10.1 Å². The van der Waals surface area contributed by atoms with E-state index in [2.05, 4.69) is 38.4 Å². The largest absolute Gasteiger partial charge is 0.452 e. The zero-order chi connectivity index (χ0) is 19.9. The van der Waals surface area contributed by atoms with Gasteiger partial charge in [0.15, 0.2) is 6.61 Å². The molecule has 0 aliphatic heterocycles. The summed E-state index contributed by atoms with van der Waals surface area (Å²) >= 11 is 3.24. The van der Waals surface area contributed by atoms with E-state index in [1.54, 1.807) is 12.3 Å². The summed E-state index contributed by atoms with van der Waals surface area (Å²) in [5, 5.41) is 2.83. The van der Waals surface area contributed by atoms with Crippen LogP contribution in [0.25, 0.3) is 11.1 Å². The summed E-state index contributed by atoms with van der Waals surface area (Å²) in [5.74, 6) is -0.959. The molecule has 1 atom stereocenters. The Kier molecular flexibility index (Phi) is 6.55. The molecule has 1 amide bonds. The molecule has 2 aromatic carbocycles. The van der Waals surface area contributed by atoms with Crippen LogP contribution in [0.1, 0.15) is 28.9 Å². The normalized spacial score (nSPS) is 11.5. The lowest BCUT2D eigenvalue weighted by Crippen LogP contribution is -2.31. The molecule has 0 bridgehead atoms. The standard InChI is InChI=1S/C22H19BrN2O3/c1-15(16-7-9-18(10-8-16)17-5-3-2-4-6-17)25-21(26)14-28-22(27)19-11-20(23)13-24-12-19/h2-13,15H,14H2,1H3,(H,25,26). The number of esters is 1. The average Bonchev–Trinajstić information content (AvgIpc) is 2.72. The number of carbonyl (C=O) groups is 2. The Hall–Kier alpha value is -2.99. The average molecular weight is 439 g/mol. The van der Waals surface area contributed by atoms with Crippen LogP contribution in [0, 0.1) is 0 Å². The van der Waals surface area contributed by atoms with Crippen molar-refractivity contribution in [2.45, 2.75) is 13.0 Å². The first kappa shape index (κ1) is 19.8. The zero-order valence-electron chi connectivity index (χ0n) is 15.3. The summed E-state index contributed by atoms with van der Waals surface area (Å²) in [6.45, 7) is 1.53. The Balaban J connectivity index is 1.53. The number of halogens is 1. The van der Waals surface area contributed by atoms with E-state index < -0.39 is 5.97 Å². The third-order valence-corrected chi connectivity index (χ3v) is 4.60. The molecule has 1 N–H and O–H groups in total. The van der Waals surface area contributed by atoms with Crippen molar-refractivity contribution < 1.29 is 14.3 Å². The minimum absolute atomic E-state index is 0.205. The van der Waals surface area contributed by atoms with Crippen molar-refractivity contribution in [1.82, 2.24) is 10.3 Å². The second-order valence-electron chi connectivity index (χ2n) is 6.25. The smallest absolute Gasteiger partial charge is 0.340 e. The Morgan fingerprint density at radius 3 is 2.39 bits per heavy atom. The minimum Gasteiger partial charge on any atom is -0.452 e. The van der Waals surface area contributed by atoms with Gasteiger partial charge in [0, 0.05) is 16.9 Å². The molecule has 0 radical (unpaired) electrons. The van der Waals surface area contributed by atoms with Crippen LogP contribution in [0.4, 0.5) is 0 Å². The first-order valence-electron chi connectivity index (χ1n) is 8.75. The number of benzene rings is 2. The highest BCUT2D eigenvalue weighted by molar-refractivity contribution is 9.10. The van der Waals surface area contributed by atoms with E-state index in [0.717, 1.165) is 16.7 Å². The molecule has 1 aromatic heterocycles. The molecule has 3 aromatic rings. The molecule has 28 heavy (non-hydrogen) atoms. The van der Waals surface area contributed by atoms with Gasteiger partial charge in [0.25, 0.3) is 5.91 Å². The highest BCUT2D eigenvalue weighted by atomic mass is 79.9. The van der Waals surface area contributed by atoms with Gasteiger partial charge in [-0.1, -0.05) is 54.6 Å². The van der Waals surface area contributed by atoms with Crippen LogP contribution in [-0.2, 0) is 9.53 Å². The third-order valence-electron chi connectivity index (χ3n) is 4.17. The Bertz CT molecular complexity index is 959. The Morgan fingerprint density at radius 2 is 1.71 bits per heavy atom. The first-order chi connectivity index (χ1) is 13.5. The molecule has 1 unspecified atom stereocenters. The van der Waals surface area contributed by atoms with Crippen molar-refractivity contribution in [3.63, 3.8) is 0 Å². The van der Waals surface area contributed by atoms with Gasteiger partial charge in [0.2, 0.25) is 0 Å². The van der Waals surface area contributed by atoms with Gasteiger partial charge in [-0.3, -0.25) is 9.78 Å². The maximum absolute atomic E-state index is 12.1. The number of hydrogen-bond acceptors (Lipinski definition) is 4. The van der Waals surface area contributed by atoms with Gasteiger partial charge in [0.1, 0.15) is 0 Å². The van der Waals surface area contributed by atoms with Gasteiger partial charge in [-0.15, -0.1) is 0 Å². The van der Waals surface area contributed by atoms with Crippen molar-refractivity contribution in [2.24, 2.45) is 0 Å². The number of nitrogens with zero attached hydrogens (tertiary/aromatic N) is 1. The number of hydrogen-bond donors (Lipinski definition) is 1. The Labute approximate surface area is 171 Å². The number of pyridine rings is 1. The van der Waals surface area contributed by atoms with Gasteiger partial charge in [0.05, 0.1) is 11.6 Å². The fraction of sp³-hybridized carbons (Fsp3) is 0.136. The van der Waals surface area contributed by atoms with Crippen LogP contribution in [0.5, 0.6) is 0 Å². The molecule has 3 rings (SSSR count). The fourth-order valence-electron chi connectivity index (χ4n) is 2.70. The van der Waals surface area contributed by atoms with E-state index in [1.807, 2.05) is 49.4 Å². The third kappa shape index (κ3) is 5.27. The maximum atomic E-state index is 12.1. The second-order valence-corrected chi connectivity index (χ2v) is 7.16. The molecule has 0 aliphatic carbocycles. The van der Waals surface area contributed by atoms with Crippen molar-refractivity contribution in [1.29, 1.82) is 0 Å². The lowest BCUT2D eigenvalue weighted by Gasteiger charge is -2.15. The molecule has 142 valence electrons. The zero-order valence-corrected chi connectivity index (χ0v) is 16.8. The highest BCUT2D eigenvalue weighted by Gasteiger charge is 2.14. The summed E-state index contributed by atoms with van der Waals surface area (Å²) in [6.07, 6.45) is 2.95. The fourth-order valence-corrected chi connectivity index (χ4v) is 3.06. The number of ether oxygens (including phenoxy) is 1. The number of nitrogens with one attached hydrogen (secondary N) is 1. The van der Waals surface area contributed by atoms with E-state index in [4.69, 9.17) is 4.74 Å². The topological polar surface area (TPSA) is 68.3 Å². The van der Waals surface area contributed by atoms with Gasteiger partial charge in [-0.2, -0.15) is 0 Å². The number of rotatable bonds is 6. The van der Waals surface area contributed by atoms with E-state index in [9.17, 15) is 9.59 Å². The van der Waals surface area contributed by atoms with Gasteiger partial charge >= 0.3 is 5.97 Å². The van der Waals surface area contributed by atoms with Crippen molar-refractivity contribution in [3.8, 4) is 11.1 Å². The monoisotopic (exact) mass is 438 g/mol. The number of amides is 1. The summed E-state index contributed by atoms with van der Waals surface area (Å²) in [5.41, 5.74) is 3.50. The molecular weight excluding hydrogens is 420 g/mol. The second kappa shape index (κ2) is 9.28. The molecule has 0 aliphatic rings. The lowest BCUT2D eigenvalue weighted by atomic mass is 10.0. The van der Waals surface area contributed by atoms with Crippen LogP contribution in [0.15, 0.2) is 77.5 Å². The number of carbonyl (C=O) groups excluding carboxylic acids is 2. The van der Waals surface area contributed by atoms with Crippen LogP contribution in [-0.4, -0.2) is 23.5 Å². The quantitative estimate of drug-likeness (QED) is 0.573.